The van der Waals surface area contributed by atoms with Crippen molar-refractivity contribution in [2.75, 3.05) is 19.3 Å². The zero-order chi connectivity index (χ0) is 11.8. The molecule has 0 aromatic carbocycles. The van der Waals surface area contributed by atoms with E-state index in [1.807, 2.05) is 6.07 Å². The first-order valence-corrected chi connectivity index (χ1v) is 6.26. The molecule has 0 aliphatic carbocycles. The van der Waals surface area contributed by atoms with Crippen molar-refractivity contribution in [2.24, 2.45) is 5.92 Å². The Kier molecular flexibility index (Phi) is 7.23. The molecule has 0 saturated carbocycles. The van der Waals surface area contributed by atoms with Gasteiger partial charge >= 0.3 is 0 Å². The fraction of sp³-hybridized carbons (Fsp3) is 0.818. The predicted molar refractivity (Wildman–Crippen MR) is 64.6 cm³/mol. The Bertz CT molecular complexity index is 235. The van der Waals surface area contributed by atoms with Gasteiger partial charge in [0.25, 0.3) is 0 Å². The largest absolute Gasteiger partial charge is 0.344 e. The molecule has 0 aromatic heterocycles. The van der Waals surface area contributed by atoms with Gasteiger partial charge in [-0.05, 0) is 5.92 Å². The normalized spacial score (nSPS) is 12.3. The van der Waals surface area contributed by atoms with E-state index >= 15 is 0 Å². The molecule has 0 rings (SSSR count). The topological polar surface area (TPSA) is 44.1 Å². The van der Waals surface area contributed by atoms with Crippen molar-refractivity contribution in [2.45, 2.75) is 32.4 Å². The summed E-state index contributed by atoms with van der Waals surface area (Å²) in [5.74, 6) is 1.22. The van der Waals surface area contributed by atoms with Crippen LogP contribution in [-0.4, -0.2) is 35.4 Å². The minimum absolute atomic E-state index is 0.114. The van der Waals surface area contributed by atoms with Crippen LogP contribution < -0.4 is 0 Å². The lowest BCUT2D eigenvalue weighted by Gasteiger charge is -2.18. The summed E-state index contributed by atoms with van der Waals surface area (Å²) in [5.41, 5.74) is 0. The van der Waals surface area contributed by atoms with Crippen LogP contribution in [0.2, 0.25) is 0 Å². The van der Waals surface area contributed by atoms with Crippen molar-refractivity contribution < 1.29 is 4.79 Å². The predicted octanol–water partition coefficient (Wildman–Crippen LogP) is 2.14. The highest BCUT2D eigenvalue weighted by Crippen LogP contribution is 2.18. The number of nitriles is 1. The van der Waals surface area contributed by atoms with E-state index in [0.717, 1.165) is 0 Å². The molecule has 3 nitrogen and oxygen atoms in total. The second kappa shape index (κ2) is 7.58. The van der Waals surface area contributed by atoms with Gasteiger partial charge in [0.1, 0.15) is 0 Å². The van der Waals surface area contributed by atoms with Gasteiger partial charge in [0.2, 0.25) is 5.91 Å². The summed E-state index contributed by atoms with van der Waals surface area (Å²) in [7, 11) is 1.75. The molecule has 0 saturated heterocycles. The van der Waals surface area contributed by atoms with Crippen LogP contribution in [0.25, 0.3) is 0 Å². The number of carbonyl (C=O) groups excluding carboxylic acids is 1. The van der Waals surface area contributed by atoms with E-state index in [-0.39, 0.29) is 5.91 Å². The summed E-state index contributed by atoms with van der Waals surface area (Å²) >= 11 is 1.68. The second-order valence-electron chi connectivity index (χ2n) is 3.98. The van der Waals surface area contributed by atoms with Crippen LogP contribution in [0, 0.1) is 17.2 Å². The smallest absolute Gasteiger partial charge is 0.232 e. The lowest BCUT2D eigenvalue weighted by atomic mass is 10.2. The van der Waals surface area contributed by atoms with E-state index in [1.165, 1.54) is 0 Å². The number of nitrogens with zero attached hydrogens (tertiary/aromatic N) is 2. The molecular formula is C11H20N2OS. The van der Waals surface area contributed by atoms with Gasteiger partial charge in [0, 0.05) is 18.8 Å². The second-order valence-corrected chi connectivity index (χ2v) is 5.35. The lowest BCUT2D eigenvalue weighted by molar-refractivity contribution is -0.127. The quantitative estimate of drug-likeness (QED) is 0.699. The number of thioether (sulfide) groups is 1. The maximum absolute atomic E-state index is 11.6. The molecule has 0 spiro atoms. The molecular weight excluding hydrogens is 208 g/mol. The molecule has 1 amide bonds. The van der Waals surface area contributed by atoms with Crippen LogP contribution in [0.3, 0.4) is 0 Å². The number of carbonyl (C=O) groups is 1. The first kappa shape index (κ1) is 14.3. The van der Waals surface area contributed by atoms with Crippen LogP contribution in [-0.2, 0) is 4.79 Å². The van der Waals surface area contributed by atoms with E-state index in [4.69, 9.17) is 5.26 Å². The van der Waals surface area contributed by atoms with Gasteiger partial charge in [-0.3, -0.25) is 4.79 Å². The van der Waals surface area contributed by atoms with Crippen molar-refractivity contribution in [3.05, 3.63) is 0 Å². The molecule has 0 radical (unpaired) electrons. The van der Waals surface area contributed by atoms with Crippen molar-refractivity contribution in [1.82, 2.24) is 4.90 Å². The van der Waals surface area contributed by atoms with Gasteiger partial charge in [-0.1, -0.05) is 20.8 Å². The van der Waals surface area contributed by atoms with E-state index in [9.17, 15) is 4.79 Å². The maximum Gasteiger partial charge on any atom is 0.232 e. The highest BCUT2D eigenvalue weighted by atomic mass is 32.2. The van der Waals surface area contributed by atoms with E-state index in [2.05, 4.69) is 20.8 Å². The molecule has 0 aliphatic rings. The Morgan fingerprint density at radius 3 is 2.53 bits per heavy atom. The molecule has 15 heavy (non-hydrogen) atoms. The monoisotopic (exact) mass is 228 g/mol. The van der Waals surface area contributed by atoms with Crippen molar-refractivity contribution in [1.29, 1.82) is 5.26 Å². The number of hydrogen-bond donors (Lipinski definition) is 0. The molecule has 0 bridgehead atoms. The maximum atomic E-state index is 11.6. The summed E-state index contributed by atoms with van der Waals surface area (Å²) in [4.78, 5) is 13.2. The van der Waals surface area contributed by atoms with Crippen molar-refractivity contribution >= 4 is 17.7 Å². The van der Waals surface area contributed by atoms with Gasteiger partial charge in [-0.2, -0.15) is 5.26 Å². The van der Waals surface area contributed by atoms with E-state index < -0.39 is 0 Å². The average Bonchev–Trinajstić information content (AvgIpc) is 2.21. The fourth-order valence-electron chi connectivity index (χ4n) is 0.848. The van der Waals surface area contributed by atoms with Crippen molar-refractivity contribution in [3.63, 3.8) is 0 Å². The summed E-state index contributed by atoms with van der Waals surface area (Å²) in [6.07, 6.45) is 0.409. The van der Waals surface area contributed by atoms with Gasteiger partial charge in [0.15, 0.2) is 0 Å². The summed E-state index contributed by atoms with van der Waals surface area (Å²) in [6, 6.07) is 2.04. The van der Waals surface area contributed by atoms with Crippen LogP contribution in [0.5, 0.6) is 0 Å². The SMILES string of the molecule is CC(C)C(C)SCC(=O)N(C)CCC#N. The summed E-state index contributed by atoms with van der Waals surface area (Å²) < 4.78 is 0. The molecule has 0 heterocycles. The molecule has 1 atom stereocenters. The van der Waals surface area contributed by atoms with Gasteiger partial charge in [0.05, 0.1) is 18.2 Å². The van der Waals surface area contributed by atoms with Gasteiger partial charge < -0.3 is 4.90 Å². The summed E-state index contributed by atoms with van der Waals surface area (Å²) in [6.45, 7) is 6.98. The van der Waals surface area contributed by atoms with Gasteiger partial charge in [-0.15, -0.1) is 11.8 Å². The number of amides is 1. The number of hydrogen-bond acceptors (Lipinski definition) is 3. The molecule has 1 unspecified atom stereocenters. The third-order valence-electron chi connectivity index (χ3n) is 2.39. The molecule has 0 fully saturated rings. The van der Waals surface area contributed by atoms with Crippen LogP contribution in [0.4, 0.5) is 0 Å². The Morgan fingerprint density at radius 2 is 2.07 bits per heavy atom. The van der Waals surface area contributed by atoms with E-state index in [1.54, 1.807) is 23.7 Å². The van der Waals surface area contributed by atoms with Crippen LogP contribution in [0.15, 0.2) is 0 Å². The first-order valence-electron chi connectivity index (χ1n) is 5.21. The minimum atomic E-state index is 0.114. The molecule has 0 aliphatic heterocycles. The third kappa shape index (κ3) is 6.40. The lowest BCUT2D eigenvalue weighted by Crippen LogP contribution is -2.29. The molecule has 0 N–H and O–H groups in total. The first-order chi connectivity index (χ1) is 6.99. The van der Waals surface area contributed by atoms with E-state index in [0.29, 0.717) is 29.9 Å². The third-order valence-corrected chi connectivity index (χ3v) is 3.88. The molecule has 0 aromatic rings. The average molecular weight is 228 g/mol. The van der Waals surface area contributed by atoms with Crippen LogP contribution >= 0.6 is 11.8 Å². The minimum Gasteiger partial charge on any atom is -0.344 e. The zero-order valence-electron chi connectivity index (χ0n) is 9.99. The summed E-state index contributed by atoms with van der Waals surface area (Å²) in [5, 5.41) is 8.89. The fourth-order valence-corrected chi connectivity index (χ4v) is 1.86. The molecule has 86 valence electrons. The van der Waals surface area contributed by atoms with Crippen molar-refractivity contribution in [3.8, 4) is 6.07 Å². The Morgan fingerprint density at radius 1 is 1.47 bits per heavy atom. The Hall–Kier alpha value is -0.690. The number of rotatable bonds is 6. The highest BCUT2D eigenvalue weighted by molar-refractivity contribution is 8.00. The van der Waals surface area contributed by atoms with Gasteiger partial charge in [-0.25, -0.2) is 0 Å². The van der Waals surface area contributed by atoms with Crippen LogP contribution in [0.1, 0.15) is 27.2 Å². The Labute approximate surface area is 96.8 Å². The standard InChI is InChI=1S/C11H20N2OS/c1-9(2)10(3)15-8-11(14)13(4)7-5-6-12/h9-10H,5,7-8H2,1-4H3. The highest BCUT2D eigenvalue weighted by Gasteiger charge is 2.12. The Balaban J connectivity index is 3.78. The zero-order valence-corrected chi connectivity index (χ0v) is 10.8. The molecule has 4 heteroatoms.